The number of rotatable bonds is 4. The highest BCUT2D eigenvalue weighted by atomic mass is 16.5. The highest BCUT2D eigenvalue weighted by molar-refractivity contribution is 5.95. The van der Waals surface area contributed by atoms with Gasteiger partial charge in [0.05, 0.1) is 17.2 Å². The number of nitrogens with zero attached hydrogens (tertiary/aromatic N) is 5. The van der Waals surface area contributed by atoms with E-state index in [4.69, 9.17) is 14.7 Å². The molecule has 0 spiro atoms. The van der Waals surface area contributed by atoms with E-state index in [1.54, 1.807) is 6.20 Å². The molecule has 4 aromatic rings. The third kappa shape index (κ3) is 3.53. The van der Waals surface area contributed by atoms with Crippen LogP contribution >= 0.6 is 0 Å². The number of likely N-dealkylation sites (tertiary alicyclic amines) is 1. The van der Waals surface area contributed by atoms with Crippen molar-refractivity contribution in [2.45, 2.75) is 44.1 Å². The molecule has 2 aliphatic rings. The quantitative estimate of drug-likeness (QED) is 0.536. The molecule has 0 atom stereocenters. The minimum Gasteiger partial charge on any atom is -0.473 e. The smallest absolute Gasteiger partial charge is 0.233 e. The molecule has 0 radical (unpaired) electrons. The summed E-state index contributed by atoms with van der Waals surface area (Å²) in [4.78, 5) is 24.4. The molecule has 0 bridgehead atoms. The first-order valence-corrected chi connectivity index (χ1v) is 11.2. The van der Waals surface area contributed by atoms with Crippen LogP contribution in [0.5, 0.6) is 5.88 Å². The number of aromatic amines is 1. The molecule has 0 amide bonds. The molecule has 1 N–H and O–H groups in total. The van der Waals surface area contributed by atoms with Crippen molar-refractivity contribution in [3.63, 3.8) is 0 Å². The summed E-state index contributed by atoms with van der Waals surface area (Å²) in [5.41, 5.74) is 4.76. The highest BCUT2D eigenvalue weighted by Crippen LogP contribution is 2.36. The van der Waals surface area contributed by atoms with Gasteiger partial charge in [-0.05, 0) is 50.4 Å². The summed E-state index contributed by atoms with van der Waals surface area (Å²) in [6, 6.07) is 6.17. The summed E-state index contributed by atoms with van der Waals surface area (Å²) in [5, 5.41) is 1.04. The molecule has 0 unspecified atom stereocenters. The lowest BCUT2D eigenvalue weighted by Crippen LogP contribution is -2.35. The number of H-pyrrole nitrogens is 1. The van der Waals surface area contributed by atoms with Crippen molar-refractivity contribution in [2.24, 2.45) is 0 Å². The van der Waals surface area contributed by atoms with Crippen LogP contribution in [0.3, 0.4) is 0 Å². The Balaban J connectivity index is 1.30. The Morgan fingerprint density at radius 3 is 2.68 bits per heavy atom. The lowest BCUT2D eigenvalue weighted by Gasteiger charge is -2.28. The second kappa shape index (κ2) is 7.57. The molecule has 1 saturated heterocycles. The molecular weight excluding hydrogens is 388 g/mol. The van der Waals surface area contributed by atoms with Gasteiger partial charge in [-0.3, -0.25) is 0 Å². The molecule has 7 nitrogen and oxygen atoms in total. The fourth-order valence-corrected chi connectivity index (χ4v) is 4.52. The largest absolute Gasteiger partial charge is 0.473 e. The lowest BCUT2D eigenvalue weighted by molar-refractivity contribution is 0.110. The van der Waals surface area contributed by atoms with Gasteiger partial charge in [0, 0.05) is 42.4 Å². The predicted molar refractivity (Wildman–Crippen MR) is 120 cm³/mol. The van der Waals surface area contributed by atoms with Crippen molar-refractivity contribution < 1.29 is 4.74 Å². The Morgan fingerprint density at radius 2 is 1.87 bits per heavy atom. The van der Waals surface area contributed by atoms with Gasteiger partial charge < -0.3 is 14.6 Å². The number of fused-ring (bicyclic) bond motifs is 2. The van der Waals surface area contributed by atoms with Crippen molar-refractivity contribution in [1.82, 2.24) is 29.8 Å². The van der Waals surface area contributed by atoms with E-state index in [-0.39, 0.29) is 6.10 Å². The zero-order valence-electron chi connectivity index (χ0n) is 17.7. The second-order valence-electron chi connectivity index (χ2n) is 8.85. The van der Waals surface area contributed by atoms with Gasteiger partial charge in [-0.25, -0.2) is 19.9 Å². The summed E-state index contributed by atoms with van der Waals surface area (Å²) in [6.45, 7) is 2.11. The van der Waals surface area contributed by atoms with Gasteiger partial charge in [0.25, 0.3) is 0 Å². The Bertz CT molecular complexity index is 1240. The SMILES string of the molecule is CN1CCC(Oc2cnc3ccc(-c4c[nH]c5nc(C6CCC6)ncc45)cc3n2)CC1. The third-order valence-electron chi connectivity index (χ3n) is 6.71. The fourth-order valence-electron chi connectivity index (χ4n) is 4.52. The number of aromatic nitrogens is 5. The Hall–Kier alpha value is -3.06. The molecule has 7 heteroatoms. The van der Waals surface area contributed by atoms with E-state index >= 15 is 0 Å². The monoisotopic (exact) mass is 414 g/mol. The fraction of sp³-hybridized carbons (Fsp3) is 0.417. The van der Waals surface area contributed by atoms with Gasteiger partial charge in [-0.15, -0.1) is 0 Å². The molecule has 1 saturated carbocycles. The first kappa shape index (κ1) is 18.7. The lowest BCUT2D eigenvalue weighted by atomic mass is 9.85. The average Bonchev–Trinajstić information content (AvgIpc) is 3.17. The molecular formula is C24H26N6O. The second-order valence-corrected chi connectivity index (χ2v) is 8.85. The molecule has 1 aliphatic carbocycles. The maximum atomic E-state index is 6.14. The predicted octanol–water partition coefficient (Wildman–Crippen LogP) is 4.31. The topological polar surface area (TPSA) is 79.8 Å². The van der Waals surface area contributed by atoms with E-state index < -0.39 is 0 Å². The van der Waals surface area contributed by atoms with Crippen LogP contribution in [0.1, 0.15) is 43.8 Å². The number of ether oxygens (including phenoxy) is 1. The zero-order chi connectivity index (χ0) is 20.8. The first-order chi connectivity index (χ1) is 15.2. The molecule has 4 heterocycles. The number of hydrogen-bond acceptors (Lipinski definition) is 6. The highest BCUT2D eigenvalue weighted by Gasteiger charge is 2.23. The summed E-state index contributed by atoms with van der Waals surface area (Å²) >= 11 is 0. The van der Waals surface area contributed by atoms with Crippen LogP contribution in [0.15, 0.2) is 36.8 Å². The van der Waals surface area contributed by atoms with Gasteiger partial charge in [0.1, 0.15) is 17.6 Å². The van der Waals surface area contributed by atoms with Crippen LogP contribution in [0, 0.1) is 0 Å². The summed E-state index contributed by atoms with van der Waals surface area (Å²) in [6.07, 6.45) is 11.6. The van der Waals surface area contributed by atoms with Crippen molar-refractivity contribution in [3.8, 4) is 17.0 Å². The van der Waals surface area contributed by atoms with Crippen molar-refractivity contribution in [1.29, 1.82) is 0 Å². The minimum absolute atomic E-state index is 0.210. The molecule has 2 fully saturated rings. The Kier molecular flexibility index (Phi) is 4.56. The Labute approximate surface area is 180 Å². The molecule has 6 rings (SSSR count). The van der Waals surface area contributed by atoms with Crippen LogP contribution in [-0.4, -0.2) is 56.1 Å². The van der Waals surface area contributed by atoms with Crippen LogP contribution in [0.2, 0.25) is 0 Å². The molecule has 1 aromatic carbocycles. The number of hydrogen-bond donors (Lipinski definition) is 1. The Morgan fingerprint density at radius 1 is 1.00 bits per heavy atom. The number of benzene rings is 1. The van der Waals surface area contributed by atoms with Gasteiger partial charge in [0.15, 0.2) is 0 Å². The number of piperidine rings is 1. The average molecular weight is 415 g/mol. The van der Waals surface area contributed by atoms with Gasteiger partial charge in [0.2, 0.25) is 5.88 Å². The van der Waals surface area contributed by atoms with Gasteiger partial charge >= 0.3 is 0 Å². The standard InChI is InChI=1S/C24H26N6O/c1-30-9-7-17(8-10-30)31-22-14-25-20-6-5-16(11-21(20)28-22)18-12-27-24-19(18)13-26-23(29-24)15-3-2-4-15/h5-6,11-15,17H,2-4,7-10H2,1H3,(H,26,27,29). The van der Waals surface area contributed by atoms with Gasteiger partial charge in [-0.2, -0.15) is 0 Å². The maximum Gasteiger partial charge on any atom is 0.233 e. The van der Waals surface area contributed by atoms with E-state index in [1.807, 2.05) is 18.5 Å². The van der Waals surface area contributed by atoms with E-state index in [0.29, 0.717) is 11.8 Å². The van der Waals surface area contributed by atoms with E-state index in [2.05, 4.69) is 39.0 Å². The molecule has 31 heavy (non-hydrogen) atoms. The third-order valence-corrected chi connectivity index (χ3v) is 6.71. The van der Waals surface area contributed by atoms with E-state index in [0.717, 1.165) is 64.9 Å². The zero-order valence-corrected chi connectivity index (χ0v) is 17.7. The van der Waals surface area contributed by atoms with Gasteiger partial charge in [-0.1, -0.05) is 12.5 Å². The van der Waals surface area contributed by atoms with Crippen molar-refractivity contribution in [3.05, 3.63) is 42.6 Å². The number of nitrogens with one attached hydrogen (secondary N) is 1. The molecule has 1 aliphatic heterocycles. The van der Waals surface area contributed by atoms with Crippen LogP contribution in [-0.2, 0) is 0 Å². The van der Waals surface area contributed by atoms with Crippen LogP contribution < -0.4 is 4.74 Å². The summed E-state index contributed by atoms with van der Waals surface area (Å²) < 4.78 is 6.14. The summed E-state index contributed by atoms with van der Waals surface area (Å²) in [7, 11) is 2.15. The van der Waals surface area contributed by atoms with Crippen LogP contribution in [0.25, 0.3) is 33.2 Å². The van der Waals surface area contributed by atoms with Crippen molar-refractivity contribution in [2.75, 3.05) is 20.1 Å². The van der Waals surface area contributed by atoms with E-state index in [9.17, 15) is 0 Å². The first-order valence-electron chi connectivity index (χ1n) is 11.2. The molecule has 158 valence electrons. The minimum atomic E-state index is 0.210. The maximum absolute atomic E-state index is 6.14. The van der Waals surface area contributed by atoms with Crippen LogP contribution in [0.4, 0.5) is 0 Å². The van der Waals surface area contributed by atoms with Crippen molar-refractivity contribution >= 4 is 22.1 Å². The normalized spacial score (nSPS) is 18.5. The summed E-state index contributed by atoms with van der Waals surface area (Å²) in [5.74, 6) is 2.09. The molecule has 3 aromatic heterocycles. The van der Waals surface area contributed by atoms with E-state index in [1.165, 1.54) is 19.3 Å².